The number of benzene rings is 2. The van der Waals surface area contributed by atoms with Crippen LogP contribution < -0.4 is 5.73 Å². The van der Waals surface area contributed by atoms with Crippen molar-refractivity contribution < 1.29 is 0 Å². The van der Waals surface area contributed by atoms with E-state index >= 15 is 0 Å². The van der Waals surface area contributed by atoms with E-state index in [2.05, 4.69) is 31.5 Å². The van der Waals surface area contributed by atoms with Crippen molar-refractivity contribution in [2.24, 2.45) is 0 Å². The summed E-state index contributed by atoms with van der Waals surface area (Å²) in [6.07, 6.45) is 0. The molecule has 2 N–H and O–H groups in total. The van der Waals surface area contributed by atoms with E-state index < -0.39 is 0 Å². The summed E-state index contributed by atoms with van der Waals surface area (Å²) < 4.78 is 2.64. The molecule has 0 radical (unpaired) electrons. The molecule has 0 spiro atoms. The fraction of sp³-hybridized carbons (Fsp3) is 0.133. The standard InChI is InChI=1S/C15H14BrN5/c1-9-7-10(2)13(17)8-11(9)15-18-19-20-21(15)14-6-4-3-5-12(14)16/h3-8H,17H2,1-2H3. The molecule has 0 saturated heterocycles. The van der Waals surface area contributed by atoms with Gasteiger partial charge in [-0.25, -0.2) is 0 Å². The number of aromatic nitrogens is 4. The Hall–Kier alpha value is -2.21. The topological polar surface area (TPSA) is 69.6 Å². The van der Waals surface area contributed by atoms with Crippen LogP contribution in [0, 0.1) is 13.8 Å². The lowest BCUT2D eigenvalue weighted by Crippen LogP contribution is -2.02. The number of nitrogens with zero attached hydrogens (tertiary/aromatic N) is 4. The first-order valence-corrected chi connectivity index (χ1v) is 7.27. The molecule has 2 aromatic carbocycles. The predicted octanol–water partition coefficient (Wildman–Crippen LogP) is 3.29. The summed E-state index contributed by atoms with van der Waals surface area (Å²) in [4.78, 5) is 0. The molecule has 0 aliphatic carbocycles. The second kappa shape index (κ2) is 5.29. The number of anilines is 1. The molecule has 0 amide bonds. The molecule has 5 nitrogen and oxygen atoms in total. The molecule has 0 fully saturated rings. The second-order valence-electron chi connectivity index (χ2n) is 4.89. The van der Waals surface area contributed by atoms with Gasteiger partial charge in [0.2, 0.25) is 0 Å². The Morgan fingerprint density at radius 3 is 2.62 bits per heavy atom. The van der Waals surface area contributed by atoms with Crippen LogP contribution in [0.5, 0.6) is 0 Å². The van der Waals surface area contributed by atoms with Gasteiger partial charge < -0.3 is 5.73 Å². The van der Waals surface area contributed by atoms with Crippen molar-refractivity contribution >= 4 is 21.6 Å². The average Bonchev–Trinajstić information content (AvgIpc) is 2.92. The van der Waals surface area contributed by atoms with Crippen molar-refractivity contribution in [3.05, 3.63) is 52.0 Å². The SMILES string of the molecule is Cc1cc(C)c(-c2nnnn2-c2ccccc2Br)cc1N. The van der Waals surface area contributed by atoms with Gasteiger partial charge in [-0.3, -0.25) is 0 Å². The van der Waals surface area contributed by atoms with E-state index in [4.69, 9.17) is 5.73 Å². The Morgan fingerprint density at radius 2 is 1.86 bits per heavy atom. The number of halogens is 1. The van der Waals surface area contributed by atoms with Gasteiger partial charge in [-0.05, 0) is 69.5 Å². The van der Waals surface area contributed by atoms with Gasteiger partial charge in [0, 0.05) is 15.7 Å². The highest BCUT2D eigenvalue weighted by molar-refractivity contribution is 9.10. The van der Waals surface area contributed by atoms with Gasteiger partial charge >= 0.3 is 0 Å². The van der Waals surface area contributed by atoms with Gasteiger partial charge in [-0.2, -0.15) is 4.68 Å². The third-order valence-electron chi connectivity index (χ3n) is 3.40. The maximum Gasteiger partial charge on any atom is 0.187 e. The van der Waals surface area contributed by atoms with Crippen LogP contribution in [0.2, 0.25) is 0 Å². The Balaban J connectivity index is 2.21. The van der Waals surface area contributed by atoms with Crippen LogP contribution in [0.3, 0.4) is 0 Å². The summed E-state index contributed by atoms with van der Waals surface area (Å²) in [5, 5.41) is 12.1. The number of hydrogen-bond donors (Lipinski definition) is 1. The maximum absolute atomic E-state index is 6.03. The third-order valence-corrected chi connectivity index (χ3v) is 4.07. The van der Waals surface area contributed by atoms with Crippen LogP contribution in [-0.2, 0) is 0 Å². The maximum atomic E-state index is 6.03. The van der Waals surface area contributed by atoms with Gasteiger partial charge in [-0.15, -0.1) is 5.10 Å². The third kappa shape index (κ3) is 2.42. The molecular weight excluding hydrogens is 330 g/mol. The first kappa shape index (κ1) is 13.8. The molecule has 0 unspecified atom stereocenters. The highest BCUT2D eigenvalue weighted by atomic mass is 79.9. The van der Waals surface area contributed by atoms with Gasteiger partial charge in [-0.1, -0.05) is 18.2 Å². The number of nitrogens with two attached hydrogens (primary N) is 1. The first-order chi connectivity index (χ1) is 10.1. The first-order valence-electron chi connectivity index (χ1n) is 6.48. The van der Waals surface area contributed by atoms with Gasteiger partial charge in [0.05, 0.1) is 5.69 Å². The monoisotopic (exact) mass is 343 g/mol. The van der Waals surface area contributed by atoms with Crippen LogP contribution >= 0.6 is 15.9 Å². The minimum Gasteiger partial charge on any atom is -0.398 e. The molecule has 0 aliphatic heterocycles. The average molecular weight is 344 g/mol. The Bertz CT molecular complexity index is 810. The zero-order chi connectivity index (χ0) is 15.0. The summed E-state index contributed by atoms with van der Waals surface area (Å²) >= 11 is 3.53. The second-order valence-corrected chi connectivity index (χ2v) is 5.74. The molecule has 0 bridgehead atoms. The lowest BCUT2D eigenvalue weighted by molar-refractivity contribution is 0.789. The Labute approximate surface area is 130 Å². The van der Waals surface area contributed by atoms with E-state index in [0.717, 1.165) is 32.5 Å². The minimum absolute atomic E-state index is 0.672. The summed E-state index contributed by atoms with van der Waals surface area (Å²) in [7, 11) is 0. The summed E-state index contributed by atoms with van der Waals surface area (Å²) in [6, 6.07) is 11.8. The van der Waals surface area contributed by atoms with E-state index in [1.165, 1.54) is 0 Å². The Kier molecular flexibility index (Phi) is 3.47. The molecule has 1 heterocycles. The quantitative estimate of drug-likeness (QED) is 0.725. The minimum atomic E-state index is 0.672. The number of hydrogen-bond acceptors (Lipinski definition) is 4. The highest BCUT2D eigenvalue weighted by Crippen LogP contribution is 2.29. The fourth-order valence-corrected chi connectivity index (χ4v) is 2.70. The predicted molar refractivity (Wildman–Crippen MR) is 86.2 cm³/mol. The zero-order valence-corrected chi connectivity index (χ0v) is 13.3. The molecule has 0 aliphatic rings. The van der Waals surface area contributed by atoms with E-state index in [0.29, 0.717) is 5.82 Å². The molecule has 0 atom stereocenters. The normalized spacial score (nSPS) is 10.8. The number of aryl methyl sites for hydroxylation is 2. The molecule has 0 saturated carbocycles. The summed E-state index contributed by atoms with van der Waals surface area (Å²) in [5.41, 5.74) is 10.7. The van der Waals surface area contributed by atoms with Gasteiger partial charge in [0.1, 0.15) is 0 Å². The van der Waals surface area contributed by atoms with Gasteiger partial charge in [0.15, 0.2) is 5.82 Å². The van der Waals surface area contributed by atoms with Crippen molar-refractivity contribution in [2.75, 3.05) is 5.73 Å². The van der Waals surface area contributed by atoms with Crippen molar-refractivity contribution in [2.45, 2.75) is 13.8 Å². The van der Waals surface area contributed by atoms with Gasteiger partial charge in [0.25, 0.3) is 0 Å². The molecule has 3 rings (SSSR count). The molecular formula is C15H14BrN5. The molecule has 6 heteroatoms. The number of para-hydroxylation sites is 1. The van der Waals surface area contributed by atoms with Crippen molar-refractivity contribution in [3.8, 4) is 17.1 Å². The van der Waals surface area contributed by atoms with Crippen molar-refractivity contribution in [1.82, 2.24) is 20.2 Å². The molecule has 106 valence electrons. The van der Waals surface area contributed by atoms with Crippen LogP contribution in [0.15, 0.2) is 40.9 Å². The smallest absolute Gasteiger partial charge is 0.187 e. The summed E-state index contributed by atoms with van der Waals surface area (Å²) in [5.74, 6) is 0.672. The van der Waals surface area contributed by atoms with Crippen LogP contribution in [0.1, 0.15) is 11.1 Å². The lowest BCUT2D eigenvalue weighted by Gasteiger charge is -2.10. The highest BCUT2D eigenvalue weighted by Gasteiger charge is 2.15. The largest absolute Gasteiger partial charge is 0.398 e. The molecule has 3 aromatic rings. The number of nitrogen functional groups attached to an aromatic ring is 1. The van der Waals surface area contributed by atoms with Crippen molar-refractivity contribution in [1.29, 1.82) is 0 Å². The van der Waals surface area contributed by atoms with Crippen LogP contribution in [-0.4, -0.2) is 20.2 Å². The van der Waals surface area contributed by atoms with Crippen molar-refractivity contribution in [3.63, 3.8) is 0 Å². The van der Waals surface area contributed by atoms with Crippen LogP contribution in [0.4, 0.5) is 5.69 Å². The van der Waals surface area contributed by atoms with Crippen LogP contribution in [0.25, 0.3) is 17.1 Å². The fourth-order valence-electron chi connectivity index (χ4n) is 2.25. The van der Waals surface area contributed by atoms with E-state index in [9.17, 15) is 0 Å². The number of rotatable bonds is 2. The van der Waals surface area contributed by atoms with E-state index in [1.54, 1.807) is 4.68 Å². The van der Waals surface area contributed by atoms with E-state index in [1.807, 2.05) is 50.2 Å². The lowest BCUT2D eigenvalue weighted by atomic mass is 10.0. The number of tetrazole rings is 1. The van der Waals surface area contributed by atoms with E-state index in [-0.39, 0.29) is 0 Å². The zero-order valence-electron chi connectivity index (χ0n) is 11.7. The molecule has 21 heavy (non-hydrogen) atoms. The Morgan fingerprint density at radius 1 is 1.10 bits per heavy atom. The summed E-state index contributed by atoms with van der Waals surface area (Å²) in [6.45, 7) is 4.02. The molecule has 1 aromatic heterocycles.